The van der Waals surface area contributed by atoms with Gasteiger partial charge in [-0.1, -0.05) is 42.2 Å². The zero-order valence-electron chi connectivity index (χ0n) is 15.0. The van der Waals surface area contributed by atoms with E-state index in [4.69, 9.17) is 26.4 Å². The summed E-state index contributed by atoms with van der Waals surface area (Å²) in [5.41, 5.74) is 0.920. The number of benzene rings is 2. The van der Waals surface area contributed by atoms with Crippen molar-refractivity contribution in [2.24, 2.45) is 0 Å². The van der Waals surface area contributed by atoms with E-state index < -0.39 is 0 Å². The van der Waals surface area contributed by atoms with Gasteiger partial charge in [0.25, 0.3) is 5.91 Å². The highest BCUT2D eigenvalue weighted by Gasteiger charge is 2.28. The van der Waals surface area contributed by atoms with Crippen molar-refractivity contribution < 1.29 is 19.0 Å². The molecule has 1 aliphatic heterocycles. The van der Waals surface area contributed by atoms with Crippen LogP contribution in [0.2, 0.25) is 0 Å². The Balaban J connectivity index is 1.49. The van der Waals surface area contributed by atoms with Gasteiger partial charge in [0.1, 0.15) is 34.8 Å². The molecule has 0 aromatic heterocycles. The van der Waals surface area contributed by atoms with Crippen molar-refractivity contribution in [3.05, 3.63) is 59.0 Å². The highest BCUT2D eigenvalue weighted by atomic mass is 32.2. The van der Waals surface area contributed by atoms with Crippen LogP contribution in [-0.4, -0.2) is 42.5 Å². The van der Waals surface area contributed by atoms with E-state index in [1.807, 2.05) is 54.6 Å². The summed E-state index contributed by atoms with van der Waals surface area (Å²) in [5, 5.41) is 0. The van der Waals surface area contributed by atoms with Crippen molar-refractivity contribution in [3.8, 4) is 17.2 Å². The SMILES string of the molecule is COc1cccc(OCCOc2ccc(C=C3SC(=S)N(C)C3=O)cc2)c1. The van der Waals surface area contributed by atoms with Crippen LogP contribution in [0.4, 0.5) is 0 Å². The van der Waals surface area contributed by atoms with Crippen molar-refractivity contribution in [2.45, 2.75) is 0 Å². The summed E-state index contributed by atoms with van der Waals surface area (Å²) < 4.78 is 17.1. The molecular weight excluding hydrogens is 382 g/mol. The van der Waals surface area contributed by atoms with E-state index in [-0.39, 0.29) is 5.91 Å². The molecule has 27 heavy (non-hydrogen) atoms. The van der Waals surface area contributed by atoms with Gasteiger partial charge in [0.15, 0.2) is 0 Å². The number of carbonyl (C=O) groups is 1. The van der Waals surface area contributed by atoms with E-state index in [0.717, 1.165) is 22.8 Å². The standard InChI is InChI=1S/C20H19NO4S2/c1-21-19(22)18(27-20(21)26)12-14-6-8-15(9-7-14)24-10-11-25-17-5-3-4-16(13-17)23-2/h3-9,12-13H,10-11H2,1-2H3. The topological polar surface area (TPSA) is 48.0 Å². The minimum absolute atomic E-state index is 0.0694. The first-order chi connectivity index (χ1) is 13.1. The summed E-state index contributed by atoms with van der Waals surface area (Å²) >= 11 is 6.44. The fourth-order valence-electron chi connectivity index (χ4n) is 2.37. The Hall–Kier alpha value is -2.51. The highest BCUT2D eigenvalue weighted by Crippen LogP contribution is 2.31. The van der Waals surface area contributed by atoms with Gasteiger partial charge in [0.05, 0.1) is 12.0 Å². The molecule has 0 bridgehead atoms. The lowest BCUT2D eigenvalue weighted by molar-refractivity contribution is -0.121. The number of thiocarbonyl (C=S) groups is 1. The van der Waals surface area contributed by atoms with Gasteiger partial charge in [-0.2, -0.15) is 0 Å². The van der Waals surface area contributed by atoms with Crippen LogP contribution in [0.5, 0.6) is 17.2 Å². The first-order valence-corrected chi connectivity index (χ1v) is 9.50. The van der Waals surface area contributed by atoms with Crippen LogP contribution in [0, 0.1) is 0 Å². The zero-order valence-corrected chi connectivity index (χ0v) is 16.6. The lowest BCUT2D eigenvalue weighted by Crippen LogP contribution is -2.22. The third-order valence-electron chi connectivity index (χ3n) is 3.83. The van der Waals surface area contributed by atoms with Gasteiger partial charge in [-0.05, 0) is 35.9 Å². The van der Waals surface area contributed by atoms with Crippen LogP contribution in [-0.2, 0) is 4.79 Å². The number of amides is 1. The Morgan fingerprint density at radius 2 is 1.70 bits per heavy atom. The number of nitrogens with zero attached hydrogens (tertiary/aromatic N) is 1. The number of likely N-dealkylation sites (N-methyl/N-ethyl adjacent to an activating group) is 1. The summed E-state index contributed by atoms with van der Waals surface area (Å²) in [4.78, 5) is 14.1. The summed E-state index contributed by atoms with van der Waals surface area (Å²) in [6.45, 7) is 0.846. The Morgan fingerprint density at radius 1 is 1.04 bits per heavy atom. The van der Waals surface area contributed by atoms with Gasteiger partial charge >= 0.3 is 0 Å². The molecule has 0 unspecified atom stereocenters. The maximum absolute atomic E-state index is 12.0. The summed E-state index contributed by atoms with van der Waals surface area (Å²) in [7, 11) is 3.30. The molecule has 5 nitrogen and oxygen atoms in total. The predicted molar refractivity (Wildman–Crippen MR) is 111 cm³/mol. The predicted octanol–water partition coefficient (Wildman–Crippen LogP) is 3.98. The maximum atomic E-state index is 12.0. The Morgan fingerprint density at radius 3 is 2.33 bits per heavy atom. The molecule has 2 aromatic carbocycles. The van der Waals surface area contributed by atoms with Gasteiger partial charge in [-0.3, -0.25) is 9.69 Å². The number of methoxy groups -OCH3 is 1. The number of ether oxygens (including phenoxy) is 3. The molecule has 0 saturated carbocycles. The summed E-state index contributed by atoms with van der Waals surface area (Å²) in [6, 6.07) is 15.0. The van der Waals surface area contributed by atoms with Crippen molar-refractivity contribution >= 4 is 40.3 Å². The number of hydrogen-bond donors (Lipinski definition) is 0. The second-order valence-electron chi connectivity index (χ2n) is 5.69. The van der Waals surface area contributed by atoms with Gasteiger partial charge in [-0.15, -0.1) is 0 Å². The van der Waals surface area contributed by atoms with Gasteiger partial charge in [-0.25, -0.2) is 0 Å². The smallest absolute Gasteiger partial charge is 0.265 e. The van der Waals surface area contributed by atoms with E-state index in [1.54, 1.807) is 14.2 Å². The molecule has 1 fully saturated rings. The molecule has 0 spiro atoms. The Labute approximate surface area is 167 Å². The molecule has 2 aromatic rings. The Bertz CT molecular complexity index is 865. The first-order valence-electron chi connectivity index (χ1n) is 8.28. The molecule has 0 aliphatic carbocycles. The summed E-state index contributed by atoms with van der Waals surface area (Å²) in [5.74, 6) is 2.16. The van der Waals surface area contributed by atoms with E-state index in [2.05, 4.69) is 0 Å². The molecule has 1 amide bonds. The monoisotopic (exact) mass is 401 g/mol. The average molecular weight is 402 g/mol. The molecular formula is C20H19NO4S2. The molecule has 140 valence electrons. The molecule has 0 atom stereocenters. The molecule has 1 heterocycles. The fourth-order valence-corrected chi connectivity index (χ4v) is 3.55. The third kappa shape index (κ3) is 5.02. The first kappa shape index (κ1) is 19.3. The fraction of sp³-hybridized carbons (Fsp3) is 0.200. The largest absolute Gasteiger partial charge is 0.497 e. The van der Waals surface area contributed by atoms with E-state index in [1.165, 1.54) is 16.7 Å². The second kappa shape index (κ2) is 8.92. The summed E-state index contributed by atoms with van der Waals surface area (Å²) in [6.07, 6.45) is 1.83. The molecule has 0 radical (unpaired) electrons. The van der Waals surface area contributed by atoms with E-state index >= 15 is 0 Å². The molecule has 7 heteroatoms. The third-order valence-corrected chi connectivity index (χ3v) is 5.31. The molecule has 1 saturated heterocycles. The van der Waals surface area contributed by atoms with Crippen LogP contribution < -0.4 is 14.2 Å². The van der Waals surface area contributed by atoms with Gasteiger partial charge < -0.3 is 14.2 Å². The van der Waals surface area contributed by atoms with Crippen molar-refractivity contribution in [2.75, 3.05) is 27.4 Å². The highest BCUT2D eigenvalue weighted by molar-refractivity contribution is 8.26. The van der Waals surface area contributed by atoms with Crippen molar-refractivity contribution in [1.82, 2.24) is 4.90 Å². The van der Waals surface area contributed by atoms with E-state index in [9.17, 15) is 4.79 Å². The minimum Gasteiger partial charge on any atom is -0.497 e. The number of thioether (sulfide) groups is 1. The van der Waals surface area contributed by atoms with Crippen LogP contribution in [0.15, 0.2) is 53.4 Å². The quantitative estimate of drug-likeness (QED) is 0.397. The number of carbonyl (C=O) groups excluding carboxylic acids is 1. The second-order valence-corrected chi connectivity index (χ2v) is 7.36. The van der Waals surface area contributed by atoms with Crippen molar-refractivity contribution in [1.29, 1.82) is 0 Å². The molecule has 1 aliphatic rings. The maximum Gasteiger partial charge on any atom is 0.265 e. The van der Waals surface area contributed by atoms with Crippen LogP contribution in [0.1, 0.15) is 5.56 Å². The lowest BCUT2D eigenvalue weighted by atomic mass is 10.2. The van der Waals surface area contributed by atoms with Crippen LogP contribution >= 0.6 is 24.0 Å². The normalized spacial score (nSPS) is 15.3. The average Bonchev–Trinajstić information content (AvgIpc) is 2.93. The molecule has 3 rings (SSSR count). The van der Waals surface area contributed by atoms with Crippen molar-refractivity contribution in [3.63, 3.8) is 0 Å². The molecule has 0 N–H and O–H groups in total. The van der Waals surface area contributed by atoms with Crippen LogP contribution in [0.3, 0.4) is 0 Å². The number of hydrogen-bond acceptors (Lipinski definition) is 6. The Kier molecular flexibility index (Phi) is 6.36. The van der Waals surface area contributed by atoms with Gasteiger partial charge in [0.2, 0.25) is 0 Å². The lowest BCUT2D eigenvalue weighted by Gasteiger charge is -2.09. The zero-order chi connectivity index (χ0) is 19.2. The van der Waals surface area contributed by atoms with Gasteiger partial charge in [0, 0.05) is 13.1 Å². The van der Waals surface area contributed by atoms with Crippen LogP contribution in [0.25, 0.3) is 6.08 Å². The van der Waals surface area contributed by atoms with E-state index in [0.29, 0.717) is 22.4 Å². The minimum atomic E-state index is -0.0694. The number of rotatable bonds is 7.